The summed E-state index contributed by atoms with van der Waals surface area (Å²) in [6, 6.07) is 29.4. The van der Waals surface area contributed by atoms with Gasteiger partial charge < -0.3 is 21.0 Å². The zero-order valence-corrected chi connectivity index (χ0v) is 18.6. The number of benzene rings is 4. The molecule has 166 valence electrons. The van der Waals surface area contributed by atoms with Gasteiger partial charge in [-0.05, 0) is 70.6 Å². The molecule has 0 aliphatic carbocycles. The first-order valence-corrected chi connectivity index (χ1v) is 11.4. The number of carbonyl (C=O) groups excluding carboxylic acids is 1. The van der Waals surface area contributed by atoms with Gasteiger partial charge in [-0.15, -0.1) is 0 Å². The molecule has 1 amide bonds. The number of nitrogens with two attached hydrogens (primary N) is 1. The van der Waals surface area contributed by atoms with Crippen LogP contribution in [0.1, 0.15) is 6.42 Å². The summed E-state index contributed by atoms with van der Waals surface area (Å²) in [6.45, 7) is 0.328. The van der Waals surface area contributed by atoms with E-state index in [9.17, 15) is 4.79 Å². The second-order valence-electron chi connectivity index (χ2n) is 8.56. The molecule has 0 aliphatic rings. The maximum absolute atomic E-state index is 12.2. The SMILES string of the molecule is NCCC(=O)Nc1ccccc1-c1ccc2[nH]c3ccc(-c4ccc5[nH]ccc5c4)cc3c2c1. The van der Waals surface area contributed by atoms with Crippen LogP contribution in [0, 0.1) is 0 Å². The standard InChI is InChI=1S/C29H24N4O/c30-13-11-29(34)33-26-4-2-1-3-22(26)20-7-10-28-24(17-20)23-16-19(6-9-27(23)32-28)18-5-8-25-21(15-18)12-14-31-25/h1-10,12,14-17,31-32H,11,13,30H2,(H,33,34). The van der Waals surface area contributed by atoms with E-state index in [1.165, 1.54) is 21.9 Å². The molecule has 2 aromatic heterocycles. The number of fused-ring (bicyclic) bond motifs is 4. The molecule has 0 bridgehead atoms. The highest BCUT2D eigenvalue weighted by Crippen LogP contribution is 2.35. The lowest BCUT2D eigenvalue weighted by molar-refractivity contribution is -0.116. The van der Waals surface area contributed by atoms with E-state index < -0.39 is 0 Å². The summed E-state index contributed by atoms with van der Waals surface area (Å²) in [6.07, 6.45) is 2.27. The number of para-hydroxylation sites is 1. The van der Waals surface area contributed by atoms with Crippen molar-refractivity contribution in [1.82, 2.24) is 9.97 Å². The van der Waals surface area contributed by atoms with Crippen LogP contribution in [0.4, 0.5) is 5.69 Å². The van der Waals surface area contributed by atoms with Gasteiger partial charge in [0.15, 0.2) is 0 Å². The van der Waals surface area contributed by atoms with E-state index in [4.69, 9.17) is 5.73 Å². The van der Waals surface area contributed by atoms with E-state index in [1.54, 1.807) is 0 Å². The molecule has 0 fully saturated rings. The van der Waals surface area contributed by atoms with E-state index >= 15 is 0 Å². The lowest BCUT2D eigenvalue weighted by Gasteiger charge is -2.11. The lowest BCUT2D eigenvalue weighted by atomic mass is 9.99. The van der Waals surface area contributed by atoms with Crippen LogP contribution in [0.2, 0.25) is 0 Å². The van der Waals surface area contributed by atoms with Crippen molar-refractivity contribution in [3.8, 4) is 22.3 Å². The molecule has 5 heteroatoms. The van der Waals surface area contributed by atoms with E-state index in [-0.39, 0.29) is 5.91 Å². The van der Waals surface area contributed by atoms with Gasteiger partial charge in [-0.25, -0.2) is 0 Å². The number of carbonyl (C=O) groups is 1. The maximum Gasteiger partial charge on any atom is 0.225 e. The molecule has 0 saturated carbocycles. The molecule has 34 heavy (non-hydrogen) atoms. The number of hydrogen-bond donors (Lipinski definition) is 4. The van der Waals surface area contributed by atoms with Crippen LogP contribution >= 0.6 is 0 Å². The summed E-state index contributed by atoms with van der Waals surface area (Å²) in [5, 5.41) is 6.53. The lowest BCUT2D eigenvalue weighted by Crippen LogP contribution is -2.16. The summed E-state index contributed by atoms with van der Waals surface area (Å²) >= 11 is 0. The van der Waals surface area contributed by atoms with E-state index in [0.717, 1.165) is 38.8 Å². The van der Waals surface area contributed by atoms with Gasteiger partial charge in [-0.1, -0.05) is 36.4 Å². The number of amides is 1. The van der Waals surface area contributed by atoms with Gasteiger partial charge in [0.1, 0.15) is 0 Å². The molecule has 0 radical (unpaired) electrons. The van der Waals surface area contributed by atoms with Crippen molar-refractivity contribution in [2.45, 2.75) is 6.42 Å². The molecule has 6 aromatic rings. The van der Waals surface area contributed by atoms with Crippen LogP contribution in [-0.2, 0) is 4.79 Å². The van der Waals surface area contributed by atoms with Crippen LogP contribution in [0.5, 0.6) is 0 Å². The molecule has 4 aromatic carbocycles. The quantitative estimate of drug-likeness (QED) is 0.247. The van der Waals surface area contributed by atoms with Crippen LogP contribution in [0.3, 0.4) is 0 Å². The highest BCUT2D eigenvalue weighted by Gasteiger charge is 2.12. The third-order valence-electron chi connectivity index (χ3n) is 6.37. The Kier molecular flexibility index (Phi) is 4.90. The molecule has 6 rings (SSSR count). The van der Waals surface area contributed by atoms with Crippen molar-refractivity contribution in [3.05, 3.63) is 91.1 Å². The van der Waals surface area contributed by atoms with Crippen molar-refractivity contribution in [2.24, 2.45) is 5.73 Å². The zero-order valence-electron chi connectivity index (χ0n) is 18.6. The van der Waals surface area contributed by atoms with Crippen molar-refractivity contribution >= 4 is 44.3 Å². The second-order valence-corrected chi connectivity index (χ2v) is 8.56. The zero-order chi connectivity index (χ0) is 23.1. The third kappa shape index (κ3) is 3.52. The fourth-order valence-electron chi connectivity index (χ4n) is 4.66. The highest BCUT2D eigenvalue weighted by molar-refractivity contribution is 6.10. The molecular weight excluding hydrogens is 420 g/mol. The highest BCUT2D eigenvalue weighted by atomic mass is 16.1. The number of rotatable bonds is 5. The normalized spacial score (nSPS) is 11.4. The molecule has 0 spiro atoms. The van der Waals surface area contributed by atoms with Gasteiger partial charge in [0.05, 0.1) is 0 Å². The first kappa shape index (κ1) is 20.3. The van der Waals surface area contributed by atoms with Gasteiger partial charge >= 0.3 is 0 Å². The summed E-state index contributed by atoms with van der Waals surface area (Å²) in [4.78, 5) is 19.0. The smallest absolute Gasteiger partial charge is 0.225 e. The fraction of sp³-hybridized carbons (Fsp3) is 0.0690. The molecule has 0 unspecified atom stereocenters. The van der Waals surface area contributed by atoms with Gasteiger partial charge in [0.25, 0.3) is 0 Å². The average molecular weight is 445 g/mol. The predicted octanol–water partition coefficient (Wildman–Crippen LogP) is 6.42. The second kappa shape index (κ2) is 8.21. The number of anilines is 1. The van der Waals surface area contributed by atoms with E-state index in [1.807, 2.05) is 30.5 Å². The Balaban J connectivity index is 1.46. The Hall–Kier alpha value is -4.35. The van der Waals surface area contributed by atoms with Gasteiger partial charge in [0, 0.05) is 57.7 Å². The van der Waals surface area contributed by atoms with E-state index in [0.29, 0.717) is 13.0 Å². The first-order valence-electron chi connectivity index (χ1n) is 11.4. The first-order chi connectivity index (χ1) is 16.7. The molecule has 0 saturated heterocycles. The monoisotopic (exact) mass is 444 g/mol. The minimum absolute atomic E-state index is 0.0767. The van der Waals surface area contributed by atoms with Crippen LogP contribution in [0.25, 0.3) is 55.0 Å². The number of H-pyrrole nitrogens is 2. The Bertz CT molecular complexity index is 1670. The molecular formula is C29H24N4O. The molecule has 5 nitrogen and oxygen atoms in total. The summed E-state index contributed by atoms with van der Waals surface area (Å²) in [5.41, 5.74) is 14.1. The van der Waals surface area contributed by atoms with Crippen LogP contribution < -0.4 is 11.1 Å². The summed E-state index contributed by atoms with van der Waals surface area (Å²) in [5.74, 6) is -0.0767. The van der Waals surface area contributed by atoms with Crippen LogP contribution in [-0.4, -0.2) is 22.4 Å². The minimum Gasteiger partial charge on any atom is -0.361 e. The van der Waals surface area contributed by atoms with Crippen molar-refractivity contribution in [1.29, 1.82) is 0 Å². The molecule has 0 aliphatic heterocycles. The van der Waals surface area contributed by atoms with Crippen molar-refractivity contribution in [3.63, 3.8) is 0 Å². The van der Waals surface area contributed by atoms with E-state index in [2.05, 4.69) is 75.9 Å². The van der Waals surface area contributed by atoms with Gasteiger partial charge in [-0.3, -0.25) is 4.79 Å². The number of aromatic amines is 2. The van der Waals surface area contributed by atoms with Crippen LogP contribution in [0.15, 0.2) is 91.1 Å². The van der Waals surface area contributed by atoms with Gasteiger partial charge in [0.2, 0.25) is 5.91 Å². The number of nitrogens with one attached hydrogen (secondary N) is 3. The molecule has 0 atom stereocenters. The largest absolute Gasteiger partial charge is 0.361 e. The Labute approximate surface area is 196 Å². The number of aromatic nitrogens is 2. The maximum atomic E-state index is 12.2. The Morgan fingerprint density at radius 1 is 0.765 bits per heavy atom. The van der Waals surface area contributed by atoms with Crippen molar-refractivity contribution < 1.29 is 4.79 Å². The Morgan fingerprint density at radius 3 is 2.24 bits per heavy atom. The predicted molar refractivity (Wildman–Crippen MR) is 141 cm³/mol. The van der Waals surface area contributed by atoms with Gasteiger partial charge in [-0.2, -0.15) is 0 Å². The minimum atomic E-state index is -0.0767. The Morgan fingerprint density at radius 2 is 1.44 bits per heavy atom. The topological polar surface area (TPSA) is 86.7 Å². The van der Waals surface area contributed by atoms with Crippen molar-refractivity contribution in [2.75, 3.05) is 11.9 Å². The molecule has 5 N–H and O–H groups in total. The fourth-order valence-corrected chi connectivity index (χ4v) is 4.66. The molecule has 2 heterocycles. The summed E-state index contributed by atoms with van der Waals surface area (Å²) < 4.78 is 0. The average Bonchev–Trinajstić information content (AvgIpc) is 3.47. The third-order valence-corrected chi connectivity index (χ3v) is 6.37. The number of hydrogen-bond acceptors (Lipinski definition) is 2. The summed E-state index contributed by atoms with van der Waals surface area (Å²) in [7, 11) is 0.